The van der Waals surface area contributed by atoms with Crippen LogP contribution in [0.4, 0.5) is 0 Å². The fourth-order valence-electron chi connectivity index (χ4n) is 2.13. The molecule has 0 amide bonds. The van der Waals surface area contributed by atoms with Crippen LogP contribution < -0.4 is 0 Å². The van der Waals surface area contributed by atoms with Crippen molar-refractivity contribution in [3.05, 3.63) is 0 Å². The average molecular weight is 249 g/mol. The van der Waals surface area contributed by atoms with E-state index in [1.165, 1.54) is 58.2 Å². The highest BCUT2D eigenvalue weighted by Crippen LogP contribution is 2.18. The van der Waals surface area contributed by atoms with Crippen LogP contribution in [0, 0.1) is 5.92 Å². The zero-order chi connectivity index (χ0) is 11.5. The predicted molar refractivity (Wildman–Crippen MR) is 77.6 cm³/mol. The molecule has 1 fully saturated rings. The number of unbranched alkanes of at least 4 members (excludes halogenated alkanes) is 2. The van der Waals surface area contributed by atoms with E-state index in [1.807, 2.05) is 0 Å². The molecule has 0 aromatic rings. The topological polar surface area (TPSA) is 66.2 Å². The Morgan fingerprint density at radius 1 is 1.00 bits per heavy atom. The van der Waals surface area contributed by atoms with Gasteiger partial charge in [-0.25, -0.2) is 0 Å². The smallest absolute Gasteiger partial charge is 0.000945 e. The van der Waals surface area contributed by atoms with Crippen LogP contribution in [0.2, 0.25) is 0 Å². The van der Waals surface area contributed by atoms with Gasteiger partial charge in [0, 0.05) is 6.54 Å². The monoisotopic (exact) mass is 249 g/mol. The van der Waals surface area contributed by atoms with E-state index in [2.05, 4.69) is 32.6 Å². The first kappa shape index (κ1) is 22.1. The van der Waals surface area contributed by atoms with Gasteiger partial charge in [-0.1, -0.05) is 53.4 Å². The fraction of sp³-hybridized carbons (Fsp3) is 1.00. The summed E-state index contributed by atoms with van der Waals surface area (Å²) in [5.74, 6) is 0.994. The van der Waals surface area contributed by atoms with Crippen LogP contribution >= 0.6 is 0 Å². The van der Waals surface area contributed by atoms with Crippen LogP contribution in [0.1, 0.15) is 66.2 Å². The van der Waals surface area contributed by atoms with Crippen LogP contribution in [-0.2, 0) is 0 Å². The van der Waals surface area contributed by atoms with Gasteiger partial charge in [-0.05, 0) is 31.8 Å². The highest BCUT2D eigenvalue weighted by atomic mass is 16.0. The maximum atomic E-state index is 2.57. The van der Waals surface area contributed by atoms with Crippen molar-refractivity contribution in [2.75, 3.05) is 19.6 Å². The van der Waals surface area contributed by atoms with E-state index in [4.69, 9.17) is 0 Å². The molecule has 1 unspecified atom stereocenters. The highest BCUT2D eigenvalue weighted by Gasteiger charge is 2.15. The molecule has 1 aliphatic rings. The van der Waals surface area contributed by atoms with Crippen molar-refractivity contribution in [1.82, 2.24) is 4.90 Å². The normalized spacial score (nSPS) is 19.4. The first-order chi connectivity index (χ1) is 7.28. The van der Waals surface area contributed by atoms with Crippen LogP contribution in [0.3, 0.4) is 0 Å². The molecule has 0 aromatic carbocycles. The van der Waals surface area contributed by atoms with Gasteiger partial charge in [0.05, 0.1) is 0 Å². The average Bonchev–Trinajstić information content (AvgIpc) is 2.31. The van der Waals surface area contributed by atoms with E-state index in [9.17, 15) is 0 Å². The molecule has 108 valence electrons. The van der Waals surface area contributed by atoms with Crippen LogP contribution in [-0.4, -0.2) is 35.5 Å². The minimum Gasteiger partial charge on any atom is -0.412 e. The van der Waals surface area contributed by atoms with E-state index in [1.54, 1.807) is 0 Å². The minimum atomic E-state index is 0. The van der Waals surface area contributed by atoms with E-state index >= 15 is 0 Å². The highest BCUT2D eigenvalue weighted by molar-refractivity contribution is 4.70. The molecule has 0 aromatic heterocycles. The third-order valence-electron chi connectivity index (χ3n) is 3.33. The molecule has 0 radical (unpaired) electrons. The third kappa shape index (κ3) is 12.1. The number of rotatable bonds is 4. The Morgan fingerprint density at radius 3 is 1.94 bits per heavy atom. The lowest BCUT2D eigenvalue weighted by atomic mass is 9.96. The van der Waals surface area contributed by atoms with Crippen molar-refractivity contribution >= 4 is 0 Å². The summed E-state index contributed by atoms with van der Waals surface area (Å²) >= 11 is 0. The zero-order valence-corrected chi connectivity index (χ0v) is 12.4. The quantitative estimate of drug-likeness (QED) is 0.755. The number of hydrogen-bond donors (Lipinski definition) is 0. The fourth-order valence-corrected chi connectivity index (χ4v) is 2.13. The molecule has 1 saturated heterocycles. The first-order valence-electron chi connectivity index (χ1n) is 7.00. The lowest BCUT2D eigenvalue weighted by Crippen LogP contribution is -2.34. The van der Waals surface area contributed by atoms with Gasteiger partial charge in [0.2, 0.25) is 0 Å². The molecular formula is C14H35NO2. The maximum absolute atomic E-state index is 2.57. The SMILES string of the molecule is CCC1CCCN(CC)C1.CCCCC.O.O. The molecule has 17 heavy (non-hydrogen) atoms. The van der Waals surface area contributed by atoms with Gasteiger partial charge in [0.15, 0.2) is 0 Å². The van der Waals surface area contributed by atoms with Gasteiger partial charge in [-0.15, -0.1) is 0 Å². The molecule has 0 saturated carbocycles. The predicted octanol–water partition coefficient (Wildman–Crippen LogP) is 2.68. The lowest BCUT2D eigenvalue weighted by Gasteiger charge is -2.31. The van der Waals surface area contributed by atoms with E-state index in [0.29, 0.717) is 0 Å². The van der Waals surface area contributed by atoms with Crippen molar-refractivity contribution in [1.29, 1.82) is 0 Å². The molecular weight excluding hydrogens is 214 g/mol. The number of likely N-dealkylation sites (tertiary alicyclic amines) is 1. The third-order valence-corrected chi connectivity index (χ3v) is 3.33. The largest absolute Gasteiger partial charge is 0.412 e. The summed E-state index contributed by atoms with van der Waals surface area (Å²) in [5, 5.41) is 0. The Labute approximate surface area is 108 Å². The molecule has 1 atom stereocenters. The van der Waals surface area contributed by atoms with Gasteiger partial charge in [0.1, 0.15) is 0 Å². The van der Waals surface area contributed by atoms with E-state index < -0.39 is 0 Å². The molecule has 1 rings (SSSR count). The van der Waals surface area contributed by atoms with Crippen molar-refractivity contribution < 1.29 is 11.0 Å². The lowest BCUT2D eigenvalue weighted by molar-refractivity contribution is 0.179. The molecule has 3 heteroatoms. The Balaban J connectivity index is -0.000000247. The van der Waals surface area contributed by atoms with Gasteiger partial charge >= 0.3 is 0 Å². The maximum Gasteiger partial charge on any atom is 0.000945 e. The van der Waals surface area contributed by atoms with Gasteiger partial charge in [-0.3, -0.25) is 0 Å². The zero-order valence-electron chi connectivity index (χ0n) is 12.4. The second-order valence-electron chi connectivity index (χ2n) is 4.66. The number of nitrogens with zero attached hydrogens (tertiary/aromatic N) is 1. The first-order valence-corrected chi connectivity index (χ1v) is 7.00. The summed E-state index contributed by atoms with van der Waals surface area (Å²) in [5.41, 5.74) is 0. The molecule has 3 nitrogen and oxygen atoms in total. The molecule has 4 N–H and O–H groups in total. The summed E-state index contributed by atoms with van der Waals surface area (Å²) < 4.78 is 0. The van der Waals surface area contributed by atoms with Gasteiger partial charge in [0.25, 0.3) is 0 Å². The second-order valence-corrected chi connectivity index (χ2v) is 4.66. The van der Waals surface area contributed by atoms with E-state index in [-0.39, 0.29) is 11.0 Å². The summed E-state index contributed by atoms with van der Waals surface area (Å²) in [6.07, 6.45) is 8.34. The van der Waals surface area contributed by atoms with Crippen LogP contribution in [0.5, 0.6) is 0 Å². The Bertz CT molecular complexity index is 119. The van der Waals surface area contributed by atoms with Crippen molar-refractivity contribution in [3.63, 3.8) is 0 Å². The van der Waals surface area contributed by atoms with Gasteiger partial charge < -0.3 is 15.9 Å². The number of piperidine rings is 1. The Kier molecular flexibility index (Phi) is 20.6. The summed E-state index contributed by atoms with van der Waals surface area (Å²) in [6.45, 7) is 12.9. The summed E-state index contributed by atoms with van der Waals surface area (Å²) in [7, 11) is 0. The van der Waals surface area contributed by atoms with Crippen LogP contribution in [0.15, 0.2) is 0 Å². The molecule has 1 aliphatic heterocycles. The van der Waals surface area contributed by atoms with E-state index in [0.717, 1.165) is 5.92 Å². The van der Waals surface area contributed by atoms with Crippen molar-refractivity contribution in [2.45, 2.75) is 66.2 Å². The van der Waals surface area contributed by atoms with Crippen molar-refractivity contribution in [2.24, 2.45) is 5.92 Å². The summed E-state index contributed by atoms with van der Waals surface area (Å²) in [4.78, 5) is 2.57. The van der Waals surface area contributed by atoms with Crippen LogP contribution in [0.25, 0.3) is 0 Å². The minimum absolute atomic E-state index is 0. The molecule has 0 bridgehead atoms. The molecule has 0 aliphatic carbocycles. The Morgan fingerprint density at radius 2 is 1.59 bits per heavy atom. The summed E-state index contributed by atoms with van der Waals surface area (Å²) in [6, 6.07) is 0. The Hall–Kier alpha value is -0.120. The molecule has 0 spiro atoms. The van der Waals surface area contributed by atoms with Crippen molar-refractivity contribution in [3.8, 4) is 0 Å². The second kappa shape index (κ2) is 15.9. The van der Waals surface area contributed by atoms with Gasteiger partial charge in [-0.2, -0.15) is 0 Å². The number of hydrogen-bond acceptors (Lipinski definition) is 1. The standard InChI is InChI=1S/C9H19N.C5H12.2H2O/c1-3-9-6-5-7-10(4-2)8-9;1-3-5-4-2;;/h9H,3-8H2,1-2H3;3-5H2,1-2H3;2*1H2. The molecule has 1 heterocycles.